The van der Waals surface area contributed by atoms with Gasteiger partial charge >= 0.3 is 5.97 Å². The van der Waals surface area contributed by atoms with E-state index in [1.54, 1.807) is 0 Å². The molecule has 1 unspecified atom stereocenters. The standard InChI is InChI=1S/C10H20N2O3/c1-4-5-7(6-11)8(13)12-10(2,3)9(14)15/h7H,4-6,11H2,1-3H3,(H,12,13)(H,14,15). The Morgan fingerprint density at radius 3 is 2.33 bits per heavy atom. The topological polar surface area (TPSA) is 92.4 Å². The lowest BCUT2D eigenvalue weighted by Gasteiger charge is -2.24. The summed E-state index contributed by atoms with van der Waals surface area (Å²) < 4.78 is 0. The fourth-order valence-corrected chi connectivity index (χ4v) is 1.17. The highest BCUT2D eigenvalue weighted by atomic mass is 16.4. The van der Waals surface area contributed by atoms with Crippen molar-refractivity contribution in [3.8, 4) is 0 Å². The second kappa shape index (κ2) is 5.70. The van der Waals surface area contributed by atoms with E-state index in [0.29, 0.717) is 6.42 Å². The van der Waals surface area contributed by atoms with Crippen molar-refractivity contribution in [1.29, 1.82) is 0 Å². The van der Waals surface area contributed by atoms with Crippen LogP contribution in [0.2, 0.25) is 0 Å². The van der Waals surface area contributed by atoms with E-state index in [1.165, 1.54) is 13.8 Å². The van der Waals surface area contributed by atoms with Crippen LogP contribution >= 0.6 is 0 Å². The molecule has 0 heterocycles. The minimum absolute atomic E-state index is 0.245. The van der Waals surface area contributed by atoms with Crippen molar-refractivity contribution in [1.82, 2.24) is 5.32 Å². The van der Waals surface area contributed by atoms with E-state index < -0.39 is 11.5 Å². The molecule has 88 valence electrons. The number of hydrogen-bond acceptors (Lipinski definition) is 3. The predicted octanol–water partition coefficient (Wildman–Crippen LogP) is 0.341. The summed E-state index contributed by atoms with van der Waals surface area (Å²) in [4.78, 5) is 22.4. The second-order valence-corrected chi connectivity index (χ2v) is 4.14. The molecule has 0 saturated heterocycles. The molecule has 0 saturated carbocycles. The molecule has 15 heavy (non-hydrogen) atoms. The maximum Gasteiger partial charge on any atom is 0.328 e. The molecule has 0 spiro atoms. The molecular weight excluding hydrogens is 196 g/mol. The molecule has 0 aromatic heterocycles. The van der Waals surface area contributed by atoms with Gasteiger partial charge in [-0.2, -0.15) is 0 Å². The van der Waals surface area contributed by atoms with Crippen molar-refractivity contribution in [2.24, 2.45) is 11.7 Å². The molecule has 0 radical (unpaired) electrons. The van der Waals surface area contributed by atoms with Gasteiger partial charge in [-0.05, 0) is 20.3 Å². The van der Waals surface area contributed by atoms with Gasteiger partial charge in [-0.1, -0.05) is 13.3 Å². The number of hydrogen-bond donors (Lipinski definition) is 3. The number of aliphatic carboxylic acids is 1. The van der Waals surface area contributed by atoms with E-state index in [2.05, 4.69) is 5.32 Å². The Balaban J connectivity index is 4.39. The molecule has 0 fully saturated rings. The number of nitrogens with one attached hydrogen (secondary N) is 1. The number of nitrogens with two attached hydrogens (primary N) is 1. The Hall–Kier alpha value is -1.10. The van der Waals surface area contributed by atoms with Gasteiger partial charge in [-0.25, -0.2) is 4.79 Å². The van der Waals surface area contributed by atoms with Crippen LogP contribution in [0.4, 0.5) is 0 Å². The Morgan fingerprint density at radius 1 is 1.47 bits per heavy atom. The molecule has 1 atom stereocenters. The first kappa shape index (κ1) is 13.9. The van der Waals surface area contributed by atoms with Crippen molar-refractivity contribution in [3.05, 3.63) is 0 Å². The lowest BCUT2D eigenvalue weighted by Crippen LogP contribution is -2.52. The number of rotatable bonds is 6. The van der Waals surface area contributed by atoms with E-state index in [0.717, 1.165) is 6.42 Å². The minimum Gasteiger partial charge on any atom is -0.480 e. The molecule has 0 aliphatic heterocycles. The molecule has 4 N–H and O–H groups in total. The average molecular weight is 216 g/mol. The van der Waals surface area contributed by atoms with E-state index >= 15 is 0 Å². The SMILES string of the molecule is CCCC(CN)C(=O)NC(C)(C)C(=O)O. The summed E-state index contributed by atoms with van der Waals surface area (Å²) in [5, 5.41) is 11.3. The maximum atomic E-state index is 11.6. The molecule has 0 aliphatic carbocycles. The predicted molar refractivity (Wildman–Crippen MR) is 57.3 cm³/mol. The number of carbonyl (C=O) groups is 2. The van der Waals surface area contributed by atoms with E-state index in [-0.39, 0.29) is 18.4 Å². The van der Waals surface area contributed by atoms with Gasteiger partial charge in [0.1, 0.15) is 5.54 Å². The fraction of sp³-hybridized carbons (Fsp3) is 0.800. The summed E-state index contributed by atoms with van der Waals surface area (Å²) in [6, 6.07) is 0. The van der Waals surface area contributed by atoms with Gasteiger partial charge in [-0.15, -0.1) is 0 Å². The fourth-order valence-electron chi connectivity index (χ4n) is 1.17. The summed E-state index contributed by atoms with van der Waals surface area (Å²) in [5.41, 5.74) is 4.21. The third kappa shape index (κ3) is 4.29. The maximum absolute atomic E-state index is 11.6. The normalized spacial score (nSPS) is 13.3. The molecule has 5 nitrogen and oxygen atoms in total. The zero-order valence-electron chi connectivity index (χ0n) is 9.54. The molecular formula is C10H20N2O3. The van der Waals surface area contributed by atoms with Gasteiger partial charge in [0.2, 0.25) is 5.91 Å². The molecule has 1 amide bonds. The minimum atomic E-state index is -1.24. The molecule has 5 heteroatoms. The number of carboxylic acids is 1. The van der Waals surface area contributed by atoms with Gasteiger partial charge in [0.15, 0.2) is 0 Å². The largest absolute Gasteiger partial charge is 0.480 e. The van der Waals surface area contributed by atoms with Gasteiger partial charge in [0, 0.05) is 6.54 Å². The first-order chi connectivity index (χ1) is 6.85. The highest BCUT2D eigenvalue weighted by Crippen LogP contribution is 2.08. The van der Waals surface area contributed by atoms with Crippen molar-refractivity contribution < 1.29 is 14.7 Å². The molecule has 0 rings (SSSR count). The molecule has 0 bridgehead atoms. The Morgan fingerprint density at radius 2 is 2.00 bits per heavy atom. The van der Waals surface area contributed by atoms with Crippen molar-refractivity contribution in [2.75, 3.05) is 6.54 Å². The van der Waals surface area contributed by atoms with E-state index in [9.17, 15) is 9.59 Å². The monoisotopic (exact) mass is 216 g/mol. The first-order valence-electron chi connectivity index (χ1n) is 5.10. The van der Waals surface area contributed by atoms with Crippen molar-refractivity contribution in [2.45, 2.75) is 39.2 Å². The van der Waals surface area contributed by atoms with Crippen LogP contribution in [-0.4, -0.2) is 29.1 Å². The summed E-state index contributed by atoms with van der Waals surface area (Å²) in [5.74, 6) is -1.64. The van der Waals surface area contributed by atoms with Gasteiger partial charge in [-0.3, -0.25) is 4.79 Å². The van der Waals surface area contributed by atoms with Crippen LogP contribution in [0.5, 0.6) is 0 Å². The van der Waals surface area contributed by atoms with Gasteiger partial charge in [0.25, 0.3) is 0 Å². The van der Waals surface area contributed by atoms with Crippen molar-refractivity contribution in [3.63, 3.8) is 0 Å². The van der Waals surface area contributed by atoms with Crippen LogP contribution in [0.3, 0.4) is 0 Å². The lowest BCUT2D eigenvalue weighted by molar-refractivity contribution is -0.146. The van der Waals surface area contributed by atoms with Crippen LogP contribution in [0.1, 0.15) is 33.6 Å². The molecule has 0 aromatic rings. The van der Waals surface area contributed by atoms with E-state index in [1.807, 2.05) is 6.92 Å². The molecule has 0 aliphatic rings. The molecule has 0 aromatic carbocycles. The Bertz CT molecular complexity index is 239. The Kier molecular flexibility index (Phi) is 5.28. The van der Waals surface area contributed by atoms with Gasteiger partial charge in [0.05, 0.1) is 5.92 Å². The number of carboxylic acid groups (broad SMARTS) is 1. The number of carbonyl (C=O) groups excluding carboxylic acids is 1. The second-order valence-electron chi connectivity index (χ2n) is 4.14. The van der Waals surface area contributed by atoms with E-state index in [4.69, 9.17) is 10.8 Å². The first-order valence-corrected chi connectivity index (χ1v) is 5.10. The van der Waals surface area contributed by atoms with Gasteiger partial charge < -0.3 is 16.2 Å². The van der Waals surface area contributed by atoms with Crippen molar-refractivity contribution >= 4 is 11.9 Å². The third-order valence-corrected chi connectivity index (χ3v) is 2.26. The highest BCUT2D eigenvalue weighted by Gasteiger charge is 2.31. The zero-order chi connectivity index (χ0) is 12.1. The van der Waals surface area contributed by atoms with Crippen LogP contribution in [0.25, 0.3) is 0 Å². The smallest absolute Gasteiger partial charge is 0.328 e. The average Bonchev–Trinajstić information content (AvgIpc) is 2.12. The summed E-state index contributed by atoms with van der Waals surface area (Å²) in [7, 11) is 0. The summed E-state index contributed by atoms with van der Waals surface area (Å²) in [6.45, 7) is 5.10. The summed E-state index contributed by atoms with van der Waals surface area (Å²) in [6.07, 6.45) is 1.53. The number of amides is 1. The highest BCUT2D eigenvalue weighted by molar-refractivity contribution is 5.87. The van der Waals surface area contributed by atoms with Crippen LogP contribution in [0.15, 0.2) is 0 Å². The summed E-state index contributed by atoms with van der Waals surface area (Å²) >= 11 is 0. The Labute approximate surface area is 90.0 Å². The van der Waals surface area contributed by atoms with Crippen LogP contribution < -0.4 is 11.1 Å². The third-order valence-electron chi connectivity index (χ3n) is 2.26. The van der Waals surface area contributed by atoms with Crippen LogP contribution in [0, 0.1) is 5.92 Å². The lowest BCUT2D eigenvalue weighted by atomic mass is 9.99. The van der Waals surface area contributed by atoms with Crippen LogP contribution in [-0.2, 0) is 9.59 Å². The zero-order valence-corrected chi connectivity index (χ0v) is 9.54. The quantitative estimate of drug-likeness (QED) is 0.597.